The van der Waals surface area contributed by atoms with Crippen LogP contribution in [0.2, 0.25) is 0 Å². The predicted octanol–water partition coefficient (Wildman–Crippen LogP) is 5.68. The number of amides is 1. The number of ether oxygens (including phenoxy) is 1. The van der Waals surface area contributed by atoms with Gasteiger partial charge in [-0.1, -0.05) is 66.9 Å². The van der Waals surface area contributed by atoms with Crippen LogP contribution in [0.15, 0.2) is 59.1 Å². The quantitative estimate of drug-likeness (QED) is 0.389. The molecule has 4 rings (SSSR count). The first-order chi connectivity index (χ1) is 16.9. The molecule has 0 unspecified atom stereocenters. The smallest absolute Gasteiger partial charge is 0.367 e. The van der Waals surface area contributed by atoms with Gasteiger partial charge in [0.25, 0.3) is 0 Å². The van der Waals surface area contributed by atoms with Gasteiger partial charge in [-0.05, 0) is 30.5 Å². The highest BCUT2D eigenvalue weighted by atomic mass is 19.4. The normalized spacial score (nSPS) is 14.7. The number of rotatable bonds is 9. The zero-order valence-corrected chi connectivity index (χ0v) is 19.3. The summed E-state index contributed by atoms with van der Waals surface area (Å²) in [7, 11) is 0. The van der Waals surface area contributed by atoms with Crippen molar-refractivity contribution >= 4 is 5.91 Å². The van der Waals surface area contributed by atoms with E-state index in [0.717, 1.165) is 43.4 Å². The van der Waals surface area contributed by atoms with Crippen LogP contribution < -0.4 is 0 Å². The topological polar surface area (TPSA) is 68.5 Å². The molecule has 1 aliphatic rings. The second-order valence-electron chi connectivity index (χ2n) is 8.69. The summed E-state index contributed by atoms with van der Waals surface area (Å²) >= 11 is 0. The molecule has 2 aromatic carbocycles. The van der Waals surface area contributed by atoms with Crippen LogP contribution in [0.3, 0.4) is 0 Å². The molecule has 3 aromatic rings. The summed E-state index contributed by atoms with van der Waals surface area (Å²) in [6.07, 6.45) is 1.19. The van der Waals surface area contributed by atoms with E-state index in [-0.39, 0.29) is 24.4 Å². The Balaban J connectivity index is 1.36. The van der Waals surface area contributed by atoms with Crippen LogP contribution in [-0.2, 0) is 28.7 Å². The molecule has 1 amide bonds. The van der Waals surface area contributed by atoms with Crippen molar-refractivity contribution in [3.8, 4) is 11.4 Å². The SMILES string of the molecule is O=C(COCc1ccccc1)N(CCc1nc(-c2ccc(C(F)(F)F)cc2)no1)C1CCCCC1. The van der Waals surface area contributed by atoms with E-state index in [2.05, 4.69) is 10.1 Å². The average molecular weight is 488 g/mol. The number of hydrogen-bond acceptors (Lipinski definition) is 5. The van der Waals surface area contributed by atoms with Crippen molar-refractivity contribution in [2.24, 2.45) is 0 Å². The van der Waals surface area contributed by atoms with Crippen molar-refractivity contribution in [2.45, 2.75) is 57.3 Å². The standard InChI is InChI=1S/C26H28F3N3O3/c27-26(28,29)21-13-11-20(12-14-21)25-30-23(35-31-25)15-16-32(22-9-5-2-6-10-22)24(33)18-34-17-19-7-3-1-4-8-19/h1,3-4,7-8,11-14,22H,2,5-6,9-10,15-18H2. The molecule has 35 heavy (non-hydrogen) atoms. The van der Waals surface area contributed by atoms with Crippen LogP contribution in [0.5, 0.6) is 0 Å². The van der Waals surface area contributed by atoms with Crippen molar-refractivity contribution in [3.05, 3.63) is 71.6 Å². The van der Waals surface area contributed by atoms with E-state index in [0.29, 0.717) is 31.0 Å². The van der Waals surface area contributed by atoms with E-state index >= 15 is 0 Å². The van der Waals surface area contributed by atoms with Crippen molar-refractivity contribution < 1.29 is 27.2 Å². The Morgan fingerprint density at radius 3 is 2.43 bits per heavy atom. The van der Waals surface area contributed by atoms with E-state index in [4.69, 9.17) is 9.26 Å². The number of alkyl halides is 3. The second-order valence-corrected chi connectivity index (χ2v) is 8.69. The maximum Gasteiger partial charge on any atom is 0.416 e. The molecule has 1 fully saturated rings. The summed E-state index contributed by atoms with van der Waals surface area (Å²) in [4.78, 5) is 19.2. The van der Waals surface area contributed by atoms with Gasteiger partial charge in [-0.2, -0.15) is 18.2 Å². The van der Waals surface area contributed by atoms with E-state index in [9.17, 15) is 18.0 Å². The van der Waals surface area contributed by atoms with E-state index in [1.54, 1.807) is 0 Å². The van der Waals surface area contributed by atoms with Crippen LogP contribution in [0.25, 0.3) is 11.4 Å². The van der Waals surface area contributed by atoms with Crippen LogP contribution >= 0.6 is 0 Å². The third-order valence-corrected chi connectivity index (χ3v) is 6.18. The highest BCUT2D eigenvalue weighted by molar-refractivity contribution is 5.77. The number of aromatic nitrogens is 2. The third-order valence-electron chi connectivity index (χ3n) is 6.18. The maximum absolute atomic E-state index is 13.0. The first-order valence-corrected chi connectivity index (χ1v) is 11.8. The predicted molar refractivity (Wildman–Crippen MR) is 123 cm³/mol. The van der Waals surface area contributed by atoms with Crippen LogP contribution in [0.1, 0.15) is 49.1 Å². The molecule has 1 aliphatic carbocycles. The molecular weight excluding hydrogens is 459 g/mol. The van der Waals surface area contributed by atoms with Gasteiger partial charge in [-0.15, -0.1) is 0 Å². The lowest BCUT2D eigenvalue weighted by Crippen LogP contribution is -2.44. The first-order valence-electron chi connectivity index (χ1n) is 11.8. The largest absolute Gasteiger partial charge is 0.416 e. The van der Waals surface area contributed by atoms with Crippen molar-refractivity contribution in [3.63, 3.8) is 0 Å². The van der Waals surface area contributed by atoms with Gasteiger partial charge in [0.1, 0.15) is 6.61 Å². The number of hydrogen-bond donors (Lipinski definition) is 0. The fourth-order valence-electron chi connectivity index (χ4n) is 4.32. The molecule has 1 aromatic heterocycles. The zero-order valence-electron chi connectivity index (χ0n) is 19.3. The molecule has 186 valence electrons. The Hall–Kier alpha value is -3.20. The summed E-state index contributed by atoms with van der Waals surface area (Å²) in [6, 6.07) is 14.5. The summed E-state index contributed by atoms with van der Waals surface area (Å²) in [6.45, 7) is 0.768. The monoisotopic (exact) mass is 487 g/mol. The van der Waals surface area contributed by atoms with E-state index in [1.165, 1.54) is 18.6 Å². The molecule has 0 aliphatic heterocycles. The minimum atomic E-state index is -4.40. The number of carbonyl (C=O) groups is 1. The van der Waals surface area contributed by atoms with Crippen molar-refractivity contribution in [2.75, 3.05) is 13.2 Å². The molecule has 6 nitrogen and oxygen atoms in total. The Bertz CT molecular complexity index is 1080. The molecule has 0 spiro atoms. The minimum Gasteiger partial charge on any atom is -0.367 e. The lowest BCUT2D eigenvalue weighted by Gasteiger charge is -2.34. The summed E-state index contributed by atoms with van der Waals surface area (Å²) in [5.41, 5.74) is 0.704. The number of carbonyl (C=O) groups excluding carboxylic acids is 1. The molecule has 0 atom stereocenters. The van der Waals surface area contributed by atoms with Gasteiger partial charge in [0.2, 0.25) is 17.6 Å². The Morgan fingerprint density at radius 1 is 1.03 bits per heavy atom. The molecule has 1 saturated carbocycles. The van der Waals surface area contributed by atoms with Gasteiger partial charge < -0.3 is 14.2 Å². The average Bonchev–Trinajstić information content (AvgIpc) is 3.34. The zero-order chi connectivity index (χ0) is 24.7. The highest BCUT2D eigenvalue weighted by Crippen LogP contribution is 2.30. The Kier molecular flexibility index (Phi) is 8.17. The molecule has 1 heterocycles. The Morgan fingerprint density at radius 2 is 1.74 bits per heavy atom. The summed E-state index contributed by atoms with van der Waals surface area (Å²) in [5, 5.41) is 3.90. The van der Waals surface area contributed by atoms with Crippen LogP contribution in [0, 0.1) is 0 Å². The van der Waals surface area contributed by atoms with Gasteiger partial charge >= 0.3 is 6.18 Å². The van der Waals surface area contributed by atoms with Gasteiger partial charge in [0, 0.05) is 24.6 Å². The fourth-order valence-corrected chi connectivity index (χ4v) is 4.32. The van der Waals surface area contributed by atoms with E-state index in [1.807, 2.05) is 35.2 Å². The highest BCUT2D eigenvalue weighted by Gasteiger charge is 2.30. The molecule has 0 saturated heterocycles. The number of nitrogens with zero attached hydrogens (tertiary/aromatic N) is 3. The Labute approximate surface area is 202 Å². The van der Waals surface area contributed by atoms with E-state index < -0.39 is 11.7 Å². The third kappa shape index (κ3) is 6.91. The van der Waals surface area contributed by atoms with Gasteiger partial charge in [-0.25, -0.2) is 0 Å². The molecule has 0 radical (unpaired) electrons. The fraction of sp³-hybridized carbons (Fsp3) is 0.423. The summed E-state index contributed by atoms with van der Waals surface area (Å²) < 4.78 is 49.4. The van der Waals surface area contributed by atoms with Crippen LogP contribution in [0.4, 0.5) is 13.2 Å². The second kappa shape index (κ2) is 11.5. The lowest BCUT2D eigenvalue weighted by atomic mass is 9.94. The number of halogens is 3. The van der Waals surface area contributed by atoms with Crippen molar-refractivity contribution in [1.82, 2.24) is 15.0 Å². The van der Waals surface area contributed by atoms with Gasteiger partial charge in [-0.3, -0.25) is 4.79 Å². The first kappa shape index (κ1) is 24.9. The maximum atomic E-state index is 13.0. The molecular formula is C26H28F3N3O3. The van der Waals surface area contributed by atoms with Crippen LogP contribution in [-0.4, -0.2) is 40.1 Å². The molecule has 0 N–H and O–H groups in total. The molecule has 0 bridgehead atoms. The minimum absolute atomic E-state index is 0.00791. The van der Waals surface area contributed by atoms with Crippen molar-refractivity contribution in [1.29, 1.82) is 0 Å². The van der Waals surface area contributed by atoms with Gasteiger partial charge in [0.05, 0.1) is 12.2 Å². The number of benzene rings is 2. The lowest BCUT2D eigenvalue weighted by molar-refractivity contribution is -0.140. The summed E-state index contributed by atoms with van der Waals surface area (Å²) in [5.74, 6) is 0.476. The van der Waals surface area contributed by atoms with Gasteiger partial charge in [0.15, 0.2) is 0 Å². The molecule has 9 heteroatoms.